The van der Waals surface area contributed by atoms with E-state index in [4.69, 9.17) is 22.1 Å². The number of nitrogens with two attached hydrogens (primary N) is 1. The van der Waals surface area contributed by atoms with Gasteiger partial charge in [0.1, 0.15) is 16.7 Å². The van der Waals surface area contributed by atoms with Gasteiger partial charge in [-0.05, 0) is 55.2 Å². The van der Waals surface area contributed by atoms with Crippen molar-refractivity contribution in [3.05, 3.63) is 53.1 Å². The summed E-state index contributed by atoms with van der Waals surface area (Å²) in [6.45, 7) is 2.71. The average molecular weight is 406 g/mol. The molecule has 7 heteroatoms. The van der Waals surface area contributed by atoms with Gasteiger partial charge in [-0.2, -0.15) is 0 Å². The van der Waals surface area contributed by atoms with Crippen molar-refractivity contribution >= 4 is 28.3 Å². The molecule has 27 heavy (non-hydrogen) atoms. The molecule has 1 saturated heterocycles. The molecular weight excluding hydrogens is 382 g/mol. The zero-order valence-electron chi connectivity index (χ0n) is 15.1. The number of hydrogen-bond donors (Lipinski definition) is 2. The lowest BCUT2D eigenvalue weighted by molar-refractivity contribution is 0.302. The second-order valence-electron chi connectivity index (χ2n) is 7.26. The van der Waals surface area contributed by atoms with E-state index in [2.05, 4.69) is 33.9 Å². The van der Waals surface area contributed by atoms with Crippen LogP contribution >= 0.6 is 11.6 Å². The molecule has 2 atom stereocenters. The summed E-state index contributed by atoms with van der Waals surface area (Å²) >= 11 is 6.15. The molecule has 1 heterocycles. The Bertz CT molecular complexity index is 826. The fraction of sp³-hybridized carbons (Fsp3) is 0.400. The Balaban J connectivity index is 1.29. The number of anilines is 1. The summed E-state index contributed by atoms with van der Waals surface area (Å²) in [6.07, 6.45) is 3.72. The molecule has 2 unspecified atom stereocenters. The van der Waals surface area contributed by atoms with Gasteiger partial charge in [0.15, 0.2) is 0 Å². The molecule has 0 amide bonds. The standard InChI is InChI=1S/C20H24ClN3O2S/c21-19-8-3-15(22)11-20(19)27(25)23-16-9-10-24(13-16)12-14-1-4-17(5-2-14)26-18-6-7-18/h1-5,8,11,16,18,23H,6-7,9-10,12-13,22H2. The quantitative estimate of drug-likeness (QED) is 0.693. The van der Waals surface area contributed by atoms with Gasteiger partial charge in [0.25, 0.3) is 0 Å². The normalized spacial score (nSPS) is 21.3. The van der Waals surface area contributed by atoms with Crippen molar-refractivity contribution in [3.63, 3.8) is 0 Å². The minimum absolute atomic E-state index is 0.167. The number of hydrogen-bond acceptors (Lipinski definition) is 4. The van der Waals surface area contributed by atoms with E-state index >= 15 is 0 Å². The van der Waals surface area contributed by atoms with Crippen molar-refractivity contribution < 1.29 is 8.95 Å². The summed E-state index contributed by atoms with van der Waals surface area (Å²) in [5.41, 5.74) is 7.61. The third-order valence-electron chi connectivity index (χ3n) is 4.86. The van der Waals surface area contributed by atoms with E-state index in [9.17, 15) is 4.21 Å². The van der Waals surface area contributed by atoms with Crippen LogP contribution in [-0.2, 0) is 17.5 Å². The number of nitrogens with one attached hydrogen (secondary N) is 1. The van der Waals surface area contributed by atoms with Crippen LogP contribution in [-0.4, -0.2) is 34.3 Å². The molecule has 2 fully saturated rings. The highest BCUT2D eigenvalue weighted by atomic mass is 35.5. The Hall–Kier alpha value is -1.60. The lowest BCUT2D eigenvalue weighted by atomic mass is 10.2. The van der Waals surface area contributed by atoms with Crippen molar-refractivity contribution in [2.75, 3.05) is 18.8 Å². The van der Waals surface area contributed by atoms with Gasteiger partial charge < -0.3 is 10.5 Å². The monoisotopic (exact) mass is 405 g/mol. The Morgan fingerprint density at radius 2 is 1.96 bits per heavy atom. The topological polar surface area (TPSA) is 67.6 Å². The molecule has 0 radical (unpaired) electrons. The van der Waals surface area contributed by atoms with Gasteiger partial charge in [-0.15, -0.1) is 0 Å². The predicted octanol–water partition coefficient (Wildman–Crippen LogP) is 3.35. The van der Waals surface area contributed by atoms with Crippen LogP contribution in [0, 0.1) is 0 Å². The molecular formula is C20H24ClN3O2S. The van der Waals surface area contributed by atoms with Gasteiger partial charge in [0.05, 0.1) is 16.0 Å². The van der Waals surface area contributed by atoms with E-state index in [1.165, 1.54) is 18.4 Å². The number of nitrogens with zero attached hydrogens (tertiary/aromatic N) is 1. The third-order valence-corrected chi connectivity index (χ3v) is 6.58. The summed E-state index contributed by atoms with van der Waals surface area (Å²) in [5.74, 6) is 0.955. The maximum Gasteiger partial charge on any atom is 0.126 e. The SMILES string of the molecule is Nc1ccc(Cl)c(S(=O)NC2CCN(Cc3ccc(OC4CC4)cc3)C2)c1. The van der Waals surface area contributed by atoms with Gasteiger partial charge >= 0.3 is 0 Å². The second kappa shape index (κ2) is 8.19. The van der Waals surface area contributed by atoms with Crippen molar-refractivity contribution in [3.8, 4) is 5.75 Å². The Morgan fingerprint density at radius 3 is 2.70 bits per heavy atom. The number of halogens is 1. The molecule has 4 rings (SSSR count). The molecule has 2 aromatic carbocycles. The maximum atomic E-state index is 12.6. The fourth-order valence-electron chi connectivity index (χ4n) is 3.26. The van der Waals surface area contributed by atoms with E-state index in [1.807, 2.05) is 0 Å². The number of benzene rings is 2. The van der Waals surface area contributed by atoms with Crippen LogP contribution in [0.3, 0.4) is 0 Å². The summed E-state index contributed by atoms with van der Waals surface area (Å²) in [4.78, 5) is 2.91. The van der Waals surface area contributed by atoms with E-state index in [1.54, 1.807) is 18.2 Å². The van der Waals surface area contributed by atoms with Crippen LogP contribution < -0.4 is 15.2 Å². The fourth-order valence-corrected chi connectivity index (χ4v) is 4.70. The first-order valence-corrected chi connectivity index (χ1v) is 10.8. The van der Waals surface area contributed by atoms with E-state index in [-0.39, 0.29) is 6.04 Å². The first-order chi connectivity index (χ1) is 13.1. The highest BCUT2D eigenvalue weighted by Gasteiger charge is 2.25. The van der Waals surface area contributed by atoms with E-state index < -0.39 is 11.0 Å². The second-order valence-corrected chi connectivity index (χ2v) is 8.88. The molecule has 0 spiro atoms. The summed E-state index contributed by atoms with van der Waals surface area (Å²) < 4.78 is 21.6. The Kier molecular flexibility index (Phi) is 5.68. The van der Waals surface area contributed by atoms with Crippen molar-refractivity contribution in [2.45, 2.75) is 42.8 Å². The molecule has 2 aromatic rings. The van der Waals surface area contributed by atoms with Crippen LogP contribution in [0.5, 0.6) is 5.75 Å². The van der Waals surface area contributed by atoms with Crippen molar-refractivity contribution in [1.82, 2.24) is 9.62 Å². The number of rotatable bonds is 7. The van der Waals surface area contributed by atoms with Gasteiger partial charge in [0.2, 0.25) is 0 Å². The molecule has 0 aromatic heterocycles. The van der Waals surface area contributed by atoms with Crippen LogP contribution in [0.15, 0.2) is 47.4 Å². The van der Waals surface area contributed by atoms with Crippen molar-refractivity contribution in [1.29, 1.82) is 0 Å². The van der Waals surface area contributed by atoms with Gasteiger partial charge in [-0.3, -0.25) is 4.90 Å². The minimum Gasteiger partial charge on any atom is -0.490 e. The lowest BCUT2D eigenvalue weighted by Crippen LogP contribution is -2.33. The Labute approximate surface area is 167 Å². The van der Waals surface area contributed by atoms with Gasteiger partial charge in [-0.25, -0.2) is 8.93 Å². The minimum atomic E-state index is -1.36. The first kappa shape index (κ1) is 18.7. The molecule has 144 valence electrons. The molecule has 5 nitrogen and oxygen atoms in total. The summed E-state index contributed by atoms with van der Waals surface area (Å²) in [7, 11) is -1.36. The Morgan fingerprint density at radius 1 is 1.19 bits per heavy atom. The zero-order valence-corrected chi connectivity index (χ0v) is 16.6. The maximum absolute atomic E-state index is 12.6. The van der Waals surface area contributed by atoms with Crippen molar-refractivity contribution in [2.24, 2.45) is 0 Å². The van der Waals surface area contributed by atoms with Gasteiger partial charge in [-0.1, -0.05) is 23.7 Å². The number of ether oxygens (including phenoxy) is 1. The predicted molar refractivity (Wildman–Crippen MR) is 109 cm³/mol. The number of nitrogen functional groups attached to an aromatic ring is 1. The molecule has 1 saturated carbocycles. The largest absolute Gasteiger partial charge is 0.490 e. The highest BCUT2D eigenvalue weighted by Crippen LogP contribution is 2.27. The highest BCUT2D eigenvalue weighted by molar-refractivity contribution is 7.83. The molecule has 1 aliphatic carbocycles. The molecule has 1 aliphatic heterocycles. The summed E-state index contributed by atoms with van der Waals surface area (Å²) in [6, 6.07) is 13.6. The zero-order chi connectivity index (χ0) is 18.8. The molecule has 0 bridgehead atoms. The van der Waals surface area contributed by atoms with E-state index in [0.29, 0.717) is 21.7 Å². The molecule has 3 N–H and O–H groups in total. The molecule has 2 aliphatic rings. The smallest absolute Gasteiger partial charge is 0.126 e. The summed E-state index contributed by atoms with van der Waals surface area (Å²) in [5, 5.41) is 0.471. The lowest BCUT2D eigenvalue weighted by Gasteiger charge is -2.17. The van der Waals surface area contributed by atoms with Gasteiger partial charge in [0, 0.05) is 31.4 Å². The van der Waals surface area contributed by atoms with Crippen LogP contribution in [0.2, 0.25) is 5.02 Å². The third kappa shape index (κ3) is 5.02. The van der Waals surface area contributed by atoms with E-state index in [0.717, 1.165) is 31.8 Å². The number of likely N-dealkylation sites (tertiary alicyclic amines) is 1. The van der Waals surface area contributed by atoms with Crippen LogP contribution in [0.1, 0.15) is 24.8 Å². The van der Waals surface area contributed by atoms with Crippen LogP contribution in [0.4, 0.5) is 5.69 Å². The van der Waals surface area contributed by atoms with Crippen LogP contribution in [0.25, 0.3) is 0 Å². The average Bonchev–Trinajstić information content (AvgIpc) is 3.37. The first-order valence-electron chi connectivity index (χ1n) is 9.28.